The summed E-state index contributed by atoms with van der Waals surface area (Å²) >= 11 is 0. The van der Waals surface area contributed by atoms with Crippen molar-refractivity contribution in [1.29, 1.82) is 0 Å². The van der Waals surface area contributed by atoms with Gasteiger partial charge in [-0.05, 0) is 23.8 Å². The standard InChI is InChI=1S/C13H13F2N3O2S/c1-18(8-9-3-2-6-17-7-9)21(19,20)11-5-4-10(14)13(16)12(11)15/h2-7H,8,16H2,1H3. The Morgan fingerprint density at radius 3 is 2.62 bits per heavy atom. The van der Waals surface area contributed by atoms with E-state index in [4.69, 9.17) is 5.73 Å². The van der Waals surface area contributed by atoms with Crippen LogP contribution in [0.25, 0.3) is 0 Å². The fraction of sp³-hybridized carbons (Fsp3) is 0.154. The Labute approximate surface area is 121 Å². The summed E-state index contributed by atoms with van der Waals surface area (Å²) in [5.41, 5.74) is 5.01. The summed E-state index contributed by atoms with van der Waals surface area (Å²) in [6, 6.07) is 5.03. The number of nitrogen functional groups attached to an aromatic ring is 1. The van der Waals surface area contributed by atoms with Crippen LogP contribution < -0.4 is 5.73 Å². The van der Waals surface area contributed by atoms with E-state index in [-0.39, 0.29) is 6.54 Å². The molecule has 0 amide bonds. The summed E-state index contributed by atoms with van der Waals surface area (Å²) in [5.74, 6) is -2.28. The maximum atomic E-state index is 13.9. The van der Waals surface area contributed by atoms with Crippen molar-refractivity contribution in [3.63, 3.8) is 0 Å². The number of benzene rings is 1. The summed E-state index contributed by atoms with van der Waals surface area (Å²) in [6.07, 6.45) is 3.06. The van der Waals surface area contributed by atoms with Gasteiger partial charge in [-0.25, -0.2) is 17.2 Å². The Hall–Kier alpha value is -2.06. The van der Waals surface area contributed by atoms with Crippen LogP contribution in [0, 0.1) is 11.6 Å². The number of pyridine rings is 1. The van der Waals surface area contributed by atoms with Crippen LogP contribution in [0.3, 0.4) is 0 Å². The van der Waals surface area contributed by atoms with Crippen molar-refractivity contribution in [3.05, 3.63) is 53.9 Å². The number of anilines is 1. The molecule has 0 bridgehead atoms. The van der Waals surface area contributed by atoms with Gasteiger partial charge in [-0.2, -0.15) is 4.31 Å². The molecule has 5 nitrogen and oxygen atoms in total. The number of sulfonamides is 1. The first-order valence-electron chi connectivity index (χ1n) is 5.92. The minimum atomic E-state index is -4.12. The van der Waals surface area contributed by atoms with E-state index in [1.54, 1.807) is 18.3 Å². The van der Waals surface area contributed by atoms with Crippen LogP contribution in [-0.2, 0) is 16.6 Å². The van der Waals surface area contributed by atoms with Crippen LogP contribution >= 0.6 is 0 Å². The predicted octanol–water partition coefficient (Wildman–Crippen LogP) is 1.76. The Bertz CT molecular complexity index is 752. The topological polar surface area (TPSA) is 76.3 Å². The summed E-state index contributed by atoms with van der Waals surface area (Å²) in [7, 11) is -2.83. The normalized spacial score (nSPS) is 11.8. The van der Waals surface area contributed by atoms with E-state index in [0.717, 1.165) is 16.4 Å². The van der Waals surface area contributed by atoms with Gasteiger partial charge in [0.25, 0.3) is 0 Å². The first-order chi connectivity index (χ1) is 9.84. The molecule has 0 radical (unpaired) electrons. The molecule has 1 heterocycles. The average Bonchev–Trinajstić information content (AvgIpc) is 2.45. The van der Waals surface area contributed by atoms with E-state index in [2.05, 4.69) is 4.98 Å². The van der Waals surface area contributed by atoms with Crippen molar-refractivity contribution in [2.24, 2.45) is 0 Å². The summed E-state index contributed by atoms with van der Waals surface area (Å²) in [5, 5.41) is 0. The molecule has 2 N–H and O–H groups in total. The highest BCUT2D eigenvalue weighted by Crippen LogP contribution is 2.25. The van der Waals surface area contributed by atoms with Gasteiger partial charge in [0.05, 0.1) is 0 Å². The number of hydrogen-bond acceptors (Lipinski definition) is 4. The van der Waals surface area contributed by atoms with Gasteiger partial charge in [-0.1, -0.05) is 6.07 Å². The Morgan fingerprint density at radius 2 is 2.00 bits per heavy atom. The SMILES string of the molecule is CN(Cc1cccnc1)S(=O)(=O)c1ccc(F)c(N)c1F. The largest absolute Gasteiger partial charge is 0.394 e. The molecule has 8 heteroatoms. The highest BCUT2D eigenvalue weighted by molar-refractivity contribution is 7.89. The lowest BCUT2D eigenvalue weighted by Gasteiger charge is -2.18. The lowest BCUT2D eigenvalue weighted by Crippen LogP contribution is -2.27. The second-order valence-electron chi connectivity index (χ2n) is 4.40. The monoisotopic (exact) mass is 313 g/mol. The summed E-state index contributed by atoms with van der Waals surface area (Å²) in [6.45, 7) is 0.00684. The van der Waals surface area contributed by atoms with Crippen molar-refractivity contribution in [2.45, 2.75) is 11.4 Å². The van der Waals surface area contributed by atoms with Crippen LogP contribution in [0.2, 0.25) is 0 Å². The lowest BCUT2D eigenvalue weighted by molar-refractivity contribution is 0.459. The van der Waals surface area contributed by atoms with Gasteiger partial charge in [0.1, 0.15) is 16.4 Å². The van der Waals surface area contributed by atoms with Gasteiger partial charge in [-0.3, -0.25) is 4.98 Å². The Morgan fingerprint density at radius 1 is 1.29 bits per heavy atom. The first kappa shape index (κ1) is 15.3. The van der Waals surface area contributed by atoms with Crippen molar-refractivity contribution in [1.82, 2.24) is 9.29 Å². The van der Waals surface area contributed by atoms with Gasteiger partial charge in [0.15, 0.2) is 5.82 Å². The van der Waals surface area contributed by atoms with E-state index < -0.39 is 32.2 Å². The van der Waals surface area contributed by atoms with Gasteiger partial charge < -0.3 is 5.73 Å². The zero-order chi connectivity index (χ0) is 15.6. The van der Waals surface area contributed by atoms with Crippen LogP contribution in [0.5, 0.6) is 0 Å². The van der Waals surface area contributed by atoms with Gasteiger partial charge in [0, 0.05) is 26.0 Å². The molecule has 2 aromatic rings. The van der Waals surface area contributed by atoms with Crippen LogP contribution in [-0.4, -0.2) is 24.8 Å². The minimum Gasteiger partial charge on any atom is -0.394 e. The number of hydrogen-bond donors (Lipinski definition) is 1. The van der Waals surface area contributed by atoms with Gasteiger partial charge >= 0.3 is 0 Å². The van der Waals surface area contributed by atoms with Crippen molar-refractivity contribution in [3.8, 4) is 0 Å². The van der Waals surface area contributed by atoms with E-state index in [0.29, 0.717) is 5.56 Å². The molecule has 2 rings (SSSR count). The second-order valence-corrected chi connectivity index (χ2v) is 6.41. The molecule has 0 atom stereocenters. The first-order valence-corrected chi connectivity index (χ1v) is 7.36. The molecule has 0 aliphatic carbocycles. The molecular formula is C13H13F2N3O2S. The zero-order valence-electron chi connectivity index (χ0n) is 11.1. The average molecular weight is 313 g/mol. The quantitative estimate of drug-likeness (QED) is 0.873. The number of nitrogens with zero attached hydrogens (tertiary/aromatic N) is 2. The van der Waals surface area contributed by atoms with Crippen LogP contribution in [0.1, 0.15) is 5.56 Å². The fourth-order valence-electron chi connectivity index (χ4n) is 1.75. The lowest BCUT2D eigenvalue weighted by atomic mass is 10.3. The van der Waals surface area contributed by atoms with Gasteiger partial charge in [-0.15, -0.1) is 0 Å². The molecule has 0 fully saturated rings. The van der Waals surface area contributed by atoms with E-state index in [9.17, 15) is 17.2 Å². The molecule has 0 unspecified atom stereocenters. The third kappa shape index (κ3) is 3.01. The summed E-state index contributed by atoms with van der Waals surface area (Å²) in [4.78, 5) is 3.21. The van der Waals surface area contributed by atoms with Crippen LogP contribution in [0.15, 0.2) is 41.6 Å². The maximum Gasteiger partial charge on any atom is 0.246 e. The third-order valence-corrected chi connectivity index (χ3v) is 4.73. The van der Waals surface area contributed by atoms with Crippen molar-refractivity contribution >= 4 is 15.7 Å². The highest BCUT2D eigenvalue weighted by Gasteiger charge is 2.26. The molecule has 0 aliphatic rings. The number of rotatable bonds is 4. The van der Waals surface area contributed by atoms with Gasteiger partial charge in [0.2, 0.25) is 10.0 Å². The Balaban J connectivity index is 2.36. The molecule has 0 spiro atoms. The molecule has 1 aromatic carbocycles. The Kier molecular flexibility index (Phi) is 4.19. The van der Waals surface area contributed by atoms with Crippen LogP contribution in [0.4, 0.5) is 14.5 Å². The maximum absolute atomic E-state index is 13.9. The number of nitrogens with two attached hydrogens (primary N) is 1. The molecule has 21 heavy (non-hydrogen) atoms. The smallest absolute Gasteiger partial charge is 0.246 e. The number of aromatic nitrogens is 1. The third-order valence-electron chi connectivity index (χ3n) is 2.91. The minimum absolute atomic E-state index is 0.00684. The molecule has 1 aromatic heterocycles. The molecule has 0 saturated heterocycles. The molecular weight excluding hydrogens is 300 g/mol. The number of halogens is 2. The fourth-order valence-corrected chi connectivity index (χ4v) is 2.98. The molecule has 0 saturated carbocycles. The molecule has 0 aliphatic heterocycles. The van der Waals surface area contributed by atoms with E-state index in [1.165, 1.54) is 13.2 Å². The predicted molar refractivity (Wildman–Crippen MR) is 73.7 cm³/mol. The highest BCUT2D eigenvalue weighted by atomic mass is 32.2. The van der Waals surface area contributed by atoms with E-state index >= 15 is 0 Å². The van der Waals surface area contributed by atoms with Crippen molar-refractivity contribution in [2.75, 3.05) is 12.8 Å². The second kappa shape index (κ2) is 5.74. The molecule has 112 valence electrons. The zero-order valence-corrected chi connectivity index (χ0v) is 11.9. The van der Waals surface area contributed by atoms with E-state index in [1.807, 2.05) is 0 Å². The van der Waals surface area contributed by atoms with Crippen molar-refractivity contribution < 1.29 is 17.2 Å². The summed E-state index contributed by atoms with van der Waals surface area (Å²) < 4.78 is 52.5.